The van der Waals surface area contributed by atoms with Crippen LogP contribution in [0, 0.1) is 0 Å². The van der Waals surface area contributed by atoms with Crippen LogP contribution in [0.5, 0.6) is 5.75 Å². The Morgan fingerprint density at radius 2 is 2.04 bits per heavy atom. The summed E-state index contributed by atoms with van der Waals surface area (Å²) >= 11 is 6.28. The highest BCUT2D eigenvalue weighted by Crippen LogP contribution is 2.34. The molecule has 2 saturated heterocycles. The highest BCUT2D eigenvalue weighted by molar-refractivity contribution is 6.30. The third-order valence-electron chi connectivity index (χ3n) is 4.75. The van der Waals surface area contributed by atoms with Crippen LogP contribution < -0.4 is 4.74 Å². The second kappa shape index (κ2) is 6.95. The largest absolute Gasteiger partial charge is 0.467 e. The van der Waals surface area contributed by atoms with Gasteiger partial charge in [0, 0.05) is 22.7 Å². The molecule has 0 spiro atoms. The Balaban J connectivity index is 1.57. The lowest BCUT2D eigenvalue weighted by Crippen LogP contribution is -2.46. The van der Waals surface area contributed by atoms with Gasteiger partial charge in [-0.05, 0) is 31.5 Å². The Hall–Kier alpha value is -0.850. The van der Waals surface area contributed by atoms with Crippen molar-refractivity contribution in [3.8, 4) is 5.75 Å². The fourth-order valence-corrected chi connectivity index (χ4v) is 3.98. The summed E-state index contributed by atoms with van der Waals surface area (Å²) in [5, 5.41) is 0.731. The number of rotatable bonds is 3. The van der Waals surface area contributed by atoms with Crippen LogP contribution in [-0.2, 0) is 27.4 Å². The van der Waals surface area contributed by atoms with Crippen molar-refractivity contribution in [3.05, 3.63) is 28.3 Å². The lowest BCUT2D eigenvalue weighted by atomic mass is 9.99. The van der Waals surface area contributed by atoms with Gasteiger partial charge in [-0.3, -0.25) is 4.90 Å². The van der Waals surface area contributed by atoms with Crippen LogP contribution >= 0.6 is 11.6 Å². The van der Waals surface area contributed by atoms with Gasteiger partial charge in [-0.15, -0.1) is 0 Å². The van der Waals surface area contributed by atoms with Gasteiger partial charge >= 0.3 is 0 Å². The zero-order valence-electron chi connectivity index (χ0n) is 13.1. The molecule has 0 aliphatic carbocycles. The highest BCUT2D eigenvalue weighted by atomic mass is 35.5. The number of benzene rings is 1. The highest BCUT2D eigenvalue weighted by Gasteiger charge is 2.34. The minimum Gasteiger partial charge on any atom is -0.467 e. The van der Waals surface area contributed by atoms with Gasteiger partial charge in [0.2, 0.25) is 0 Å². The van der Waals surface area contributed by atoms with Gasteiger partial charge in [0.1, 0.15) is 5.75 Å². The third-order valence-corrected chi connectivity index (χ3v) is 4.97. The van der Waals surface area contributed by atoms with E-state index in [9.17, 15) is 0 Å². The van der Waals surface area contributed by atoms with Crippen LogP contribution in [0.4, 0.5) is 0 Å². The normalized spacial score (nSPS) is 26.0. The quantitative estimate of drug-likeness (QED) is 0.846. The van der Waals surface area contributed by atoms with E-state index in [1.807, 2.05) is 12.1 Å². The zero-order chi connectivity index (χ0) is 15.6. The van der Waals surface area contributed by atoms with Crippen molar-refractivity contribution in [3.63, 3.8) is 0 Å². The molecule has 0 bridgehead atoms. The zero-order valence-corrected chi connectivity index (χ0v) is 13.9. The molecule has 0 radical (unpaired) electrons. The number of hydrogen-bond donors (Lipinski definition) is 0. The van der Waals surface area contributed by atoms with Gasteiger partial charge in [0.05, 0.1) is 25.9 Å². The summed E-state index contributed by atoms with van der Waals surface area (Å²) in [5.74, 6) is 0.929. The predicted octanol–water partition coefficient (Wildman–Crippen LogP) is 2.93. The third kappa shape index (κ3) is 3.35. The molecule has 4 rings (SSSR count). The van der Waals surface area contributed by atoms with Gasteiger partial charge in [0.15, 0.2) is 13.1 Å². The smallest absolute Gasteiger partial charge is 0.189 e. The van der Waals surface area contributed by atoms with E-state index in [1.165, 1.54) is 12.8 Å². The number of halogens is 1. The molecule has 0 aromatic heterocycles. The van der Waals surface area contributed by atoms with E-state index in [1.54, 1.807) is 0 Å². The van der Waals surface area contributed by atoms with Crippen molar-refractivity contribution in [1.82, 2.24) is 4.90 Å². The Morgan fingerprint density at radius 1 is 1.17 bits per heavy atom. The Kier molecular flexibility index (Phi) is 4.73. The Morgan fingerprint density at radius 3 is 2.91 bits per heavy atom. The molecular weight excluding hydrogens is 318 g/mol. The van der Waals surface area contributed by atoms with Gasteiger partial charge in [-0.25, -0.2) is 0 Å². The van der Waals surface area contributed by atoms with E-state index < -0.39 is 0 Å². The second-order valence-electron chi connectivity index (χ2n) is 6.31. The Bertz CT molecular complexity index is 562. The maximum atomic E-state index is 6.28. The first-order valence-electron chi connectivity index (χ1n) is 8.30. The molecular formula is C17H22ClNO4. The standard InChI is InChI=1S/C17H22ClNO4/c18-14-7-12(16-13(8-14)10-20-11-23-16)9-19-4-2-1-3-15(19)17-21-5-6-22-17/h7-8,15,17H,1-6,9-11H2/t15-/m1/s1. The van der Waals surface area contributed by atoms with E-state index in [0.29, 0.717) is 32.7 Å². The maximum Gasteiger partial charge on any atom is 0.189 e. The fourth-order valence-electron chi connectivity index (χ4n) is 3.71. The maximum absolute atomic E-state index is 6.28. The molecule has 0 saturated carbocycles. The summed E-state index contributed by atoms with van der Waals surface area (Å²) in [6.45, 7) is 4.10. The molecule has 23 heavy (non-hydrogen) atoms. The van der Waals surface area contributed by atoms with E-state index in [4.69, 9.17) is 30.5 Å². The molecule has 1 atom stereocenters. The molecule has 1 aromatic carbocycles. The minimum atomic E-state index is -0.102. The molecule has 3 heterocycles. The lowest BCUT2D eigenvalue weighted by Gasteiger charge is -2.38. The second-order valence-corrected chi connectivity index (χ2v) is 6.74. The van der Waals surface area contributed by atoms with E-state index in [2.05, 4.69) is 4.90 Å². The number of ether oxygens (including phenoxy) is 4. The molecule has 5 nitrogen and oxygen atoms in total. The number of piperidine rings is 1. The number of hydrogen-bond acceptors (Lipinski definition) is 5. The van der Waals surface area contributed by atoms with E-state index in [-0.39, 0.29) is 6.29 Å². The predicted molar refractivity (Wildman–Crippen MR) is 85.5 cm³/mol. The topological polar surface area (TPSA) is 40.2 Å². The molecule has 0 unspecified atom stereocenters. The van der Waals surface area contributed by atoms with Crippen molar-refractivity contribution < 1.29 is 18.9 Å². The van der Waals surface area contributed by atoms with Gasteiger partial charge in [-0.1, -0.05) is 18.0 Å². The summed E-state index contributed by atoms with van der Waals surface area (Å²) in [7, 11) is 0. The molecule has 126 valence electrons. The monoisotopic (exact) mass is 339 g/mol. The van der Waals surface area contributed by atoms with Crippen molar-refractivity contribution in [2.45, 2.75) is 44.7 Å². The molecule has 0 N–H and O–H groups in total. The lowest BCUT2D eigenvalue weighted by molar-refractivity contribution is -0.111. The number of nitrogens with zero attached hydrogens (tertiary/aromatic N) is 1. The molecule has 6 heteroatoms. The van der Waals surface area contributed by atoms with Crippen LogP contribution in [0.25, 0.3) is 0 Å². The van der Waals surface area contributed by atoms with E-state index >= 15 is 0 Å². The fraction of sp³-hybridized carbons (Fsp3) is 0.647. The van der Waals surface area contributed by atoms with Crippen molar-refractivity contribution in [1.29, 1.82) is 0 Å². The number of fused-ring (bicyclic) bond motifs is 1. The summed E-state index contributed by atoms with van der Waals surface area (Å²) < 4.78 is 22.6. The van der Waals surface area contributed by atoms with Crippen LogP contribution in [0.3, 0.4) is 0 Å². The first kappa shape index (κ1) is 15.7. The van der Waals surface area contributed by atoms with Crippen molar-refractivity contribution >= 4 is 11.6 Å². The first-order chi connectivity index (χ1) is 11.3. The van der Waals surface area contributed by atoms with Crippen LogP contribution in [0.15, 0.2) is 12.1 Å². The summed E-state index contributed by atoms with van der Waals surface area (Å²) in [5.41, 5.74) is 2.15. The van der Waals surface area contributed by atoms with Crippen molar-refractivity contribution in [2.24, 2.45) is 0 Å². The van der Waals surface area contributed by atoms with Crippen LogP contribution in [-0.4, -0.2) is 43.8 Å². The average Bonchev–Trinajstić information content (AvgIpc) is 3.09. The summed E-state index contributed by atoms with van der Waals surface area (Å²) in [6.07, 6.45) is 3.44. The molecule has 1 aromatic rings. The molecule has 2 fully saturated rings. The molecule has 0 amide bonds. The summed E-state index contributed by atoms with van der Waals surface area (Å²) in [4.78, 5) is 2.45. The first-order valence-corrected chi connectivity index (χ1v) is 8.68. The SMILES string of the molecule is Clc1cc2c(c(CN3CCCC[C@@H]3C3OCCO3)c1)OCOC2. The van der Waals surface area contributed by atoms with Gasteiger partial charge in [-0.2, -0.15) is 0 Å². The van der Waals surface area contributed by atoms with Crippen molar-refractivity contribution in [2.75, 3.05) is 26.6 Å². The van der Waals surface area contributed by atoms with Crippen LogP contribution in [0.2, 0.25) is 5.02 Å². The average molecular weight is 340 g/mol. The van der Waals surface area contributed by atoms with Gasteiger partial charge < -0.3 is 18.9 Å². The van der Waals surface area contributed by atoms with E-state index in [0.717, 1.165) is 41.4 Å². The number of likely N-dealkylation sites (tertiary alicyclic amines) is 1. The van der Waals surface area contributed by atoms with Crippen LogP contribution in [0.1, 0.15) is 30.4 Å². The Labute approximate surface area is 141 Å². The summed E-state index contributed by atoms with van der Waals surface area (Å²) in [6, 6.07) is 4.24. The minimum absolute atomic E-state index is 0.102. The molecule has 3 aliphatic rings. The van der Waals surface area contributed by atoms with Gasteiger partial charge in [0.25, 0.3) is 0 Å². The molecule has 3 aliphatic heterocycles.